The summed E-state index contributed by atoms with van der Waals surface area (Å²) in [6.07, 6.45) is 0. The molecule has 0 saturated carbocycles. The minimum atomic E-state index is -0.125. The van der Waals surface area contributed by atoms with Gasteiger partial charge in [-0.05, 0) is 36.8 Å². The summed E-state index contributed by atoms with van der Waals surface area (Å²) in [5.74, 6) is 0.0123. The number of hydrogen-bond acceptors (Lipinski definition) is 3. The van der Waals surface area contributed by atoms with E-state index in [0.717, 1.165) is 10.4 Å². The smallest absolute Gasteiger partial charge is 0.254 e. The van der Waals surface area contributed by atoms with Crippen LogP contribution < -0.4 is 0 Å². The SMILES string of the molecule is Cc1ccc(C(=O)N(C)Cc2ccc(Cl)s2)cc1O. The minimum Gasteiger partial charge on any atom is -0.508 e. The molecule has 0 bridgehead atoms. The van der Waals surface area contributed by atoms with Crippen molar-refractivity contribution in [1.82, 2.24) is 4.90 Å². The van der Waals surface area contributed by atoms with Crippen LogP contribution in [0.25, 0.3) is 0 Å². The first kappa shape index (κ1) is 13.9. The van der Waals surface area contributed by atoms with Crippen molar-refractivity contribution >= 4 is 28.8 Å². The minimum absolute atomic E-state index is 0.125. The van der Waals surface area contributed by atoms with Crippen LogP contribution in [0.4, 0.5) is 0 Å². The monoisotopic (exact) mass is 295 g/mol. The largest absolute Gasteiger partial charge is 0.508 e. The topological polar surface area (TPSA) is 40.5 Å². The third-order valence-electron chi connectivity index (χ3n) is 2.82. The highest BCUT2D eigenvalue weighted by molar-refractivity contribution is 7.16. The molecular formula is C14H14ClNO2S. The van der Waals surface area contributed by atoms with Gasteiger partial charge in [-0.25, -0.2) is 0 Å². The number of phenolic OH excluding ortho intramolecular Hbond substituents is 1. The Hall–Kier alpha value is -1.52. The summed E-state index contributed by atoms with van der Waals surface area (Å²) in [5, 5.41) is 9.64. The van der Waals surface area contributed by atoms with Gasteiger partial charge in [0.25, 0.3) is 5.91 Å². The van der Waals surface area contributed by atoms with Crippen LogP contribution >= 0.6 is 22.9 Å². The number of rotatable bonds is 3. The molecule has 0 atom stereocenters. The van der Waals surface area contributed by atoms with E-state index in [9.17, 15) is 9.90 Å². The zero-order valence-electron chi connectivity index (χ0n) is 10.7. The molecule has 0 saturated heterocycles. The number of halogens is 1. The summed E-state index contributed by atoms with van der Waals surface area (Å²) in [5.41, 5.74) is 1.23. The highest BCUT2D eigenvalue weighted by atomic mass is 35.5. The van der Waals surface area contributed by atoms with Crippen LogP contribution in [0, 0.1) is 6.92 Å². The third kappa shape index (κ3) is 3.28. The molecule has 0 aliphatic carbocycles. The van der Waals surface area contributed by atoms with Gasteiger partial charge in [-0.1, -0.05) is 17.7 Å². The van der Waals surface area contributed by atoms with Gasteiger partial charge in [0.05, 0.1) is 10.9 Å². The standard InChI is InChI=1S/C14H14ClNO2S/c1-9-3-4-10(7-12(9)17)14(18)16(2)8-11-5-6-13(15)19-11/h3-7,17H,8H2,1-2H3. The van der Waals surface area contributed by atoms with Gasteiger partial charge in [-0.3, -0.25) is 4.79 Å². The van der Waals surface area contributed by atoms with Gasteiger partial charge >= 0.3 is 0 Å². The molecule has 1 aromatic heterocycles. The molecule has 1 amide bonds. The lowest BCUT2D eigenvalue weighted by Gasteiger charge is -2.16. The number of benzene rings is 1. The molecule has 0 unspecified atom stereocenters. The Bertz CT molecular complexity index is 609. The van der Waals surface area contributed by atoms with Crippen molar-refractivity contribution in [2.45, 2.75) is 13.5 Å². The molecule has 0 fully saturated rings. The summed E-state index contributed by atoms with van der Waals surface area (Å²) < 4.78 is 0.712. The Kier molecular flexibility index (Phi) is 4.12. The molecule has 1 heterocycles. The van der Waals surface area contributed by atoms with Crippen molar-refractivity contribution in [3.05, 3.63) is 50.7 Å². The first-order valence-electron chi connectivity index (χ1n) is 5.76. The number of aryl methyl sites for hydroxylation is 1. The van der Waals surface area contributed by atoms with E-state index in [0.29, 0.717) is 16.4 Å². The summed E-state index contributed by atoms with van der Waals surface area (Å²) in [4.78, 5) is 14.8. The fraction of sp³-hybridized carbons (Fsp3) is 0.214. The molecule has 0 spiro atoms. The lowest BCUT2D eigenvalue weighted by atomic mass is 10.1. The lowest BCUT2D eigenvalue weighted by Crippen LogP contribution is -2.25. The zero-order chi connectivity index (χ0) is 14.0. The first-order chi connectivity index (χ1) is 8.97. The van der Waals surface area contributed by atoms with E-state index in [1.54, 1.807) is 31.0 Å². The molecule has 19 heavy (non-hydrogen) atoms. The van der Waals surface area contributed by atoms with Crippen LogP contribution in [0.3, 0.4) is 0 Å². The maximum Gasteiger partial charge on any atom is 0.254 e. The van der Waals surface area contributed by atoms with E-state index >= 15 is 0 Å². The number of thiophene rings is 1. The average Bonchev–Trinajstić information content (AvgIpc) is 2.77. The molecule has 0 aliphatic rings. The van der Waals surface area contributed by atoms with Gasteiger partial charge in [0.15, 0.2) is 0 Å². The molecule has 2 rings (SSSR count). The van der Waals surface area contributed by atoms with E-state index in [2.05, 4.69) is 0 Å². The fourth-order valence-corrected chi connectivity index (χ4v) is 2.85. The predicted molar refractivity (Wildman–Crippen MR) is 78.0 cm³/mol. The summed E-state index contributed by atoms with van der Waals surface area (Å²) in [7, 11) is 1.73. The first-order valence-corrected chi connectivity index (χ1v) is 6.96. The predicted octanol–water partition coefficient (Wildman–Crippen LogP) is 3.69. The molecule has 3 nitrogen and oxygen atoms in total. The Morgan fingerprint density at radius 3 is 2.68 bits per heavy atom. The van der Waals surface area contributed by atoms with Gasteiger partial charge in [0, 0.05) is 17.5 Å². The molecule has 1 N–H and O–H groups in total. The molecule has 0 radical (unpaired) electrons. The number of aromatic hydroxyl groups is 1. The Balaban J connectivity index is 2.12. The molecule has 5 heteroatoms. The maximum atomic E-state index is 12.2. The second kappa shape index (κ2) is 5.63. The lowest BCUT2D eigenvalue weighted by molar-refractivity contribution is 0.0786. The second-order valence-corrected chi connectivity index (χ2v) is 6.17. The number of hydrogen-bond donors (Lipinski definition) is 1. The molecule has 1 aromatic carbocycles. The maximum absolute atomic E-state index is 12.2. The highest BCUT2D eigenvalue weighted by Gasteiger charge is 2.14. The summed E-state index contributed by atoms with van der Waals surface area (Å²) >= 11 is 7.32. The zero-order valence-corrected chi connectivity index (χ0v) is 12.3. The van der Waals surface area contributed by atoms with Crippen molar-refractivity contribution in [3.63, 3.8) is 0 Å². The average molecular weight is 296 g/mol. The van der Waals surface area contributed by atoms with Crippen LogP contribution in [0.5, 0.6) is 5.75 Å². The van der Waals surface area contributed by atoms with Gasteiger partial charge in [0.2, 0.25) is 0 Å². The van der Waals surface area contributed by atoms with Crippen LogP contribution in [0.15, 0.2) is 30.3 Å². The number of nitrogens with zero attached hydrogens (tertiary/aromatic N) is 1. The van der Waals surface area contributed by atoms with E-state index in [-0.39, 0.29) is 11.7 Å². The quantitative estimate of drug-likeness (QED) is 0.938. The number of amides is 1. The summed E-state index contributed by atoms with van der Waals surface area (Å²) in [6.45, 7) is 2.30. The van der Waals surface area contributed by atoms with Crippen molar-refractivity contribution in [1.29, 1.82) is 0 Å². The van der Waals surface area contributed by atoms with Gasteiger partial charge in [-0.2, -0.15) is 0 Å². The Morgan fingerprint density at radius 2 is 2.11 bits per heavy atom. The van der Waals surface area contributed by atoms with Crippen molar-refractivity contribution in [2.24, 2.45) is 0 Å². The molecule has 2 aromatic rings. The van der Waals surface area contributed by atoms with E-state index in [4.69, 9.17) is 11.6 Å². The normalized spacial score (nSPS) is 10.5. The van der Waals surface area contributed by atoms with Crippen LogP contribution in [-0.4, -0.2) is 23.0 Å². The van der Waals surface area contributed by atoms with Gasteiger partial charge in [-0.15, -0.1) is 11.3 Å². The van der Waals surface area contributed by atoms with Gasteiger partial charge in [0.1, 0.15) is 5.75 Å². The number of phenols is 1. The second-order valence-electron chi connectivity index (χ2n) is 4.37. The van der Waals surface area contributed by atoms with Crippen LogP contribution in [-0.2, 0) is 6.54 Å². The van der Waals surface area contributed by atoms with Crippen LogP contribution in [0.1, 0.15) is 20.8 Å². The van der Waals surface area contributed by atoms with E-state index in [1.807, 2.05) is 12.1 Å². The summed E-state index contributed by atoms with van der Waals surface area (Å²) in [6, 6.07) is 8.67. The van der Waals surface area contributed by atoms with Crippen LogP contribution in [0.2, 0.25) is 4.34 Å². The Labute approximate surface area is 121 Å². The fourth-order valence-electron chi connectivity index (χ4n) is 1.71. The van der Waals surface area contributed by atoms with Crippen molar-refractivity contribution in [2.75, 3.05) is 7.05 Å². The number of carbonyl (C=O) groups is 1. The molecular weight excluding hydrogens is 282 g/mol. The molecule has 100 valence electrons. The van der Waals surface area contributed by atoms with E-state index in [1.165, 1.54) is 17.4 Å². The third-order valence-corrected chi connectivity index (χ3v) is 4.04. The van der Waals surface area contributed by atoms with Crippen molar-refractivity contribution < 1.29 is 9.90 Å². The van der Waals surface area contributed by atoms with Crippen molar-refractivity contribution in [3.8, 4) is 5.75 Å². The van der Waals surface area contributed by atoms with E-state index < -0.39 is 0 Å². The molecule has 0 aliphatic heterocycles. The number of carbonyl (C=O) groups excluding carboxylic acids is 1. The van der Waals surface area contributed by atoms with Gasteiger partial charge < -0.3 is 10.0 Å². The highest BCUT2D eigenvalue weighted by Crippen LogP contribution is 2.23. The Morgan fingerprint density at radius 1 is 1.37 bits per heavy atom.